The fourth-order valence-electron chi connectivity index (χ4n) is 4.74. The van der Waals surface area contributed by atoms with E-state index in [1.165, 1.54) is 42.8 Å². The number of H-pyrrole nitrogens is 1. The van der Waals surface area contributed by atoms with Gasteiger partial charge < -0.3 is 16.4 Å². The van der Waals surface area contributed by atoms with Gasteiger partial charge in [-0.15, -0.1) is 22.7 Å². The van der Waals surface area contributed by atoms with Gasteiger partial charge in [0, 0.05) is 48.5 Å². The highest BCUT2D eigenvalue weighted by molar-refractivity contribution is 7.19. The Hall–Kier alpha value is -6.45. The zero-order chi connectivity index (χ0) is 35.0. The summed E-state index contributed by atoms with van der Waals surface area (Å²) in [4.78, 5) is 57.4. The van der Waals surface area contributed by atoms with Gasteiger partial charge in [0.25, 0.3) is 5.91 Å². The first kappa shape index (κ1) is 33.5. The fraction of sp³-hybridized carbons (Fsp3) is 0.0571. The van der Waals surface area contributed by atoms with Crippen LogP contribution in [0.5, 0.6) is 0 Å². The summed E-state index contributed by atoms with van der Waals surface area (Å²) in [7, 11) is 0. The minimum Gasteiger partial charge on any atom is -0.365 e. The Morgan fingerprint density at radius 3 is 1.68 bits per heavy atom. The second kappa shape index (κ2) is 15.2. The van der Waals surface area contributed by atoms with E-state index in [1.54, 1.807) is 30.6 Å². The number of pyridine rings is 2. The van der Waals surface area contributed by atoms with Gasteiger partial charge in [0.1, 0.15) is 32.9 Å². The number of thiazole rings is 2. The largest absolute Gasteiger partial charge is 0.365 e. The minimum atomic E-state index is -0.520. The van der Waals surface area contributed by atoms with Crippen LogP contribution in [0.15, 0.2) is 104 Å². The Kier molecular flexibility index (Phi) is 10.2. The molecule has 0 bridgehead atoms. The number of nitrogens with two attached hydrogens (primary N) is 1. The number of nitrogens with zero attached hydrogens (tertiary/aromatic N) is 6. The molecule has 5 aromatic heterocycles. The molecule has 0 atom stereocenters. The van der Waals surface area contributed by atoms with Crippen molar-refractivity contribution in [1.29, 1.82) is 0 Å². The van der Waals surface area contributed by atoms with Crippen LogP contribution in [-0.2, 0) is 9.59 Å². The van der Waals surface area contributed by atoms with Gasteiger partial charge in [0.15, 0.2) is 5.82 Å². The SMILES string of the molecule is CC(=O)Nc1cc(-c2nc(-c3ccccc3)c(-c3ncn[nH]3)s2)ccn1.CC(=O)Nc1cc(-c2nc(-c3ccccc3)c(C(N)=O)s2)ccn1. The second-order valence-corrected chi connectivity index (χ2v) is 12.5. The maximum atomic E-state index is 11.8. The van der Waals surface area contributed by atoms with E-state index >= 15 is 0 Å². The lowest BCUT2D eigenvalue weighted by molar-refractivity contribution is -0.115. The molecule has 15 heteroatoms. The molecule has 0 aliphatic rings. The minimum absolute atomic E-state index is 0.166. The van der Waals surface area contributed by atoms with Gasteiger partial charge in [-0.1, -0.05) is 60.7 Å². The molecule has 0 radical (unpaired) electrons. The average molecular weight is 701 g/mol. The molecule has 0 saturated carbocycles. The van der Waals surface area contributed by atoms with E-state index < -0.39 is 5.91 Å². The molecule has 0 fully saturated rings. The molecule has 0 saturated heterocycles. The van der Waals surface area contributed by atoms with Crippen LogP contribution < -0.4 is 16.4 Å². The number of aromatic nitrogens is 7. The summed E-state index contributed by atoms with van der Waals surface area (Å²) in [5.74, 6) is 0.699. The standard InChI is InChI=1S/C18H14N6OS.C17H14N4O2S/c1-11(25)22-14-9-13(7-8-19-14)18-23-15(12-5-3-2-4-6-12)16(26-18)17-20-10-21-24-17;1-10(22)20-13-9-12(7-8-19-13)17-21-14(15(24-17)16(18)23)11-5-3-2-4-6-11/h2-10H,1H3,(H,19,22,25)(H,20,21,24);2-9H,1H3,(H2,18,23)(H,19,20,22). The van der Waals surface area contributed by atoms with Crippen LogP contribution in [-0.4, -0.2) is 52.8 Å². The first-order valence-electron chi connectivity index (χ1n) is 15.0. The van der Waals surface area contributed by atoms with Gasteiger partial charge in [-0.25, -0.2) is 24.9 Å². The summed E-state index contributed by atoms with van der Waals surface area (Å²) in [6.45, 7) is 2.86. The molecule has 0 aliphatic carbocycles. The molecule has 248 valence electrons. The van der Waals surface area contributed by atoms with Crippen molar-refractivity contribution in [2.45, 2.75) is 13.8 Å². The van der Waals surface area contributed by atoms with Crippen LogP contribution >= 0.6 is 22.7 Å². The van der Waals surface area contributed by atoms with Crippen molar-refractivity contribution in [3.05, 3.63) is 109 Å². The van der Waals surface area contributed by atoms with E-state index in [0.29, 0.717) is 33.0 Å². The maximum absolute atomic E-state index is 11.8. The van der Waals surface area contributed by atoms with Gasteiger partial charge in [0.2, 0.25) is 11.8 Å². The summed E-state index contributed by atoms with van der Waals surface area (Å²) in [5, 5.41) is 13.6. The number of hydrogen-bond acceptors (Lipinski definition) is 11. The second-order valence-electron chi connectivity index (χ2n) is 10.5. The van der Waals surface area contributed by atoms with Gasteiger partial charge in [-0.2, -0.15) is 5.10 Å². The highest BCUT2D eigenvalue weighted by atomic mass is 32.1. The van der Waals surface area contributed by atoms with Crippen LogP contribution in [0, 0.1) is 0 Å². The predicted molar refractivity (Wildman–Crippen MR) is 194 cm³/mol. The number of carbonyl (C=O) groups is 3. The highest BCUT2D eigenvalue weighted by Crippen LogP contribution is 2.39. The zero-order valence-corrected chi connectivity index (χ0v) is 28.2. The quantitative estimate of drug-likeness (QED) is 0.136. The van der Waals surface area contributed by atoms with Crippen LogP contribution in [0.4, 0.5) is 11.6 Å². The van der Waals surface area contributed by atoms with Crippen molar-refractivity contribution in [3.8, 4) is 54.4 Å². The number of rotatable bonds is 8. The normalized spacial score (nSPS) is 10.5. The van der Waals surface area contributed by atoms with Crippen molar-refractivity contribution in [3.63, 3.8) is 0 Å². The van der Waals surface area contributed by atoms with Gasteiger partial charge in [0.05, 0.1) is 16.3 Å². The Morgan fingerprint density at radius 2 is 1.18 bits per heavy atom. The smallest absolute Gasteiger partial charge is 0.261 e. The first-order valence-corrected chi connectivity index (χ1v) is 16.6. The molecule has 0 unspecified atom stereocenters. The molecule has 5 N–H and O–H groups in total. The number of anilines is 2. The summed E-state index contributed by atoms with van der Waals surface area (Å²) >= 11 is 2.72. The summed E-state index contributed by atoms with van der Waals surface area (Å²) in [6.07, 6.45) is 4.71. The van der Waals surface area contributed by atoms with Gasteiger partial charge in [-0.3, -0.25) is 19.5 Å². The molecule has 2 aromatic carbocycles. The Labute approximate surface area is 293 Å². The van der Waals surface area contributed by atoms with Crippen molar-refractivity contribution in [1.82, 2.24) is 35.1 Å². The van der Waals surface area contributed by atoms with Crippen molar-refractivity contribution >= 4 is 52.0 Å². The maximum Gasteiger partial charge on any atom is 0.261 e. The summed E-state index contributed by atoms with van der Waals surface area (Å²) < 4.78 is 0. The van der Waals surface area contributed by atoms with Crippen LogP contribution in [0.3, 0.4) is 0 Å². The fourth-order valence-corrected chi connectivity index (χ4v) is 6.70. The molecule has 5 heterocycles. The van der Waals surface area contributed by atoms with E-state index in [1.807, 2.05) is 66.7 Å². The predicted octanol–water partition coefficient (Wildman–Crippen LogP) is 6.55. The van der Waals surface area contributed by atoms with Crippen LogP contribution in [0.2, 0.25) is 0 Å². The lowest BCUT2D eigenvalue weighted by Gasteiger charge is -2.02. The van der Waals surface area contributed by atoms with Gasteiger partial charge in [-0.05, 0) is 24.3 Å². The van der Waals surface area contributed by atoms with E-state index in [0.717, 1.165) is 37.8 Å². The van der Waals surface area contributed by atoms with Crippen LogP contribution in [0.1, 0.15) is 23.5 Å². The molecule has 0 aliphatic heterocycles. The monoisotopic (exact) mass is 700 g/mol. The number of carbonyl (C=O) groups excluding carboxylic acids is 3. The van der Waals surface area contributed by atoms with Crippen LogP contribution in [0.25, 0.3) is 54.4 Å². The number of benzene rings is 2. The number of aromatic amines is 1. The number of amides is 3. The molecule has 7 rings (SSSR count). The lowest BCUT2D eigenvalue weighted by Crippen LogP contribution is -2.10. The first-order chi connectivity index (χ1) is 24.2. The molecule has 50 heavy (non-hydrogen) atoms. The average Bonchev–Trinajstić information content (AvgIpc) is 3.90. The topological polar surface area (TPSA) is 194 Å². The number of nitrogens with one attached hydrogen (secondary N) is 3. The number of hydrogen-bond donors (Lipinski definition) is 4. The Bertz CT molecular complexity index is 2270. The molecule has 3 amide bonds. The third-order valence-electron chi connectivity index (χ3n) is 6.82. The van der Waals surface area contributed by atoms with Crippen molar-refractivity contribution < 1.29 is 14.4 Å². The summed E-state index contributed by atoms with van der Waals surface area (Å²) in [5.41, 5.74) is 10.3. The van der Waals surface area contributed by atoms with Gasteiger partial charge >= 0.3 is 0 Å². The van der Waals surface area contributed by atoms with E-state index in [2.05, 4.69) is 40.8 Å². The lowest BCUT2D eigenvalue weighted by atomic mass is 10.1. The Balaban J connectivity index is 0.000000174. The summed E-state index contributed by atoms with van der Waals surface area (Å²) in [6, 6.07) is 26.5. The molecular formula is C35H28N10O3S2. The Morgan fingerprint density at radius 1 is 0.660 bits per heavy atom. The third kappa shape index (κ3) is 7.98. The van der Waals surface area contributed by atoms with E-state index in [9.17, 15) is 14.4 Å². The van der Waals surface area contributed by atoms with Crippen molar-refractivity contribution in [2.75, 3.05) is 10.6 Å². The van der Waals surface area contributed by atoms with E-state index in [4.69, 9.17) is 10.7 Å². The number of primary amides is 1. The third-order valence-corrected chi connectivity index (χ3v) is 9.05. The molecule has 13 nitrogen and oxygen atoms in total. The zero-order valence-electron chi connectivity index (χ0n) is 26.6. The molecule has 0 spiro atoms. The van der Waals surface area contributed by atoms with E-state index in [-0.39, 0.29) is 11.8 Å². The molecule has 7 aromatic rings. The molecular weight excluding hydrogens is 673 g/mol. The van der Waals surface area contributed by atoms with Crippen molar-refractivity contribution in [2.24, 2.45) is 5.73 Å². The highest BCUT2D eigenvalue weighted by Gasteiger charge is 2.20.